The van der Waals surface area contributed by atoms with E-state index in [1.807, 2.05) is 37.3 Å². The summed E-state index contributed by atoms with van der Waals surface area (Å²) in [5.74, 6) is -1.32. The maximum Gasteiger partial charge on any atom is 0.342 e. The van der Waals surface area contributed by atoms with Crippen molar-refractivity contribution in [2.75, 3.05) is 5.32 Å². The predicted octanol–water partition coefficient (Wildman–Crippen LogP) is 3.47. The van der Waals surface area contributed by atoms with Crippen molar-refractivity contribution < 1.29 is 14.8 Å². The van der Waals surface area contributed by atoms with Crippen LogP contribution in [-0.4, -0.2) is 16.0 Å². The average Bonchev–Trinajstić information content (AvgIpc) is 2.47. The molecule has 0 aromatic heterocycles. The van der Waals surface area contributed by atoms with Gasteiger partial charge in [0.15, 0.2) is 0 Å². The minimum atomic E-state index is -1.32. The molecule has 0 aliphatic heterocycles. The highest BCUT2D eigenvalue weighted by Crippen LogP contribution is 2.25. The Morgan fingerprint density at radius 1 is 1.24 bits per heavy atom. The fourth-order valence-corrected chi connectivity index (χ4v) is 2.03. The summed E-state index contributed by atoms with van der Waals surface area (Å²) < 4.78 is 0. The summed E-state index contributed by atoms with van der Waals surface area (Å²) in [4.78, 5) is 21.2. The van der Waals surface area contributed by atoms with Gasteiger partial charge in [0.05, 0.1) is 4.92 Å². The maximum atomic E-state index is 11.1. The average molecular weight is 286 g/mol. The van der Waals surface area contributed by atoms with Gasteiger partial charge < -0.3 is 10.4 Å². The van der Waals surface area contributed by atoms with Crippen LogP contribution < -0.4 is 5.32 Å². The molecule has 0 aliphatic rings. The van der Waals surface area contributed by atoms with Crippen molar-refractivity contribution in [3.63, 3.8) is 0 Å². The highest BCUT2D eigenvalue weighted by molar-refractivity contribution is 5.93. The molecule has 2 N–H and O–H groups in total. The number of nitrogens with zero attached hydrogens (tertiary/aromatic N) is 1. The summed E-state index contributed by atoms with van der Waals surface area (Å²) in [5.41, 5.74) is 0.813. The summed E-state index contributed by atoms with van der Waals surface area (Å²) in [5, 5.41) is 23.0. The van der Waals surface area contributed by atoms with Gasteiger partial charge in [0, 0.05) is 17.8 Å². The molecular weight excluding hydrogens is 272 g/mol. The van der Waals surface area contributed by atoms with Crippen molar-refractivity contribution in [1.82, 2.24) is 0 Å². The lowest BCUT2D eigenvalue weighted by molar-refractivity contribution is -0.385. The van der Waals surface area contributed by atoms with Crippen LogP contribution in [0.2, 0.25) is 0 Å². The van der Waals surface area contributed by atoms with Crippen LogP contribution in [0.3, 0.4) is 0 Å². The number of rotatable bonds is 5. The number of nitrogens with one attached hydrogen (secondary N) is 1. The number of nitro benzene ring substituents is 1. The number of aromatic carboxylic acids is 1. The number of carboxylic acids is 1. The SMILES string of the molecule is CC(Nc1ccc([N+](=O)[O-])c(C(=O)O)c1)c1ccccc1. The zero-order chi connectivity index (χ0) is 15.4. The molecular formula is C15H14N2O4. The van der Waals surface area contributed by atoms with Crippen molar-refractivity contribution in [3.8, 4) is 0 Å². The Kier molecular flexibility index (Phi) is 4.18. The van der Waals surface area contributed by atoms with E-state index in [9.17, 15) is 14.9 Å². The van der Waals surface area contributed by atoms with E-state index >= 15 is 0 Å². The molecule has 0 aliphatic carbocycles. The summed E-state index contributed by atoms with van der Waals surface area (Å²) >= 11 is 0. The first-order valence-corrected chi connectivity index (χ1v) is 6.32. The topological polar surface area (TPSA) is 92.5 Å². The number of carboxylic acid groups (broad SMARTS) is 1. The van der Waals surface area contributed by atoms with E-state index in [1.165, 1.54) is 18.2 Å². The molecule has 1 unspecified atom stereocenters. The fraction of sp³-hybridized carbons (Fsp3) is 0.133. The van der Waals surface area contributed by atoms with Gasteiger partial charge in [-0.2, -0.15) is 0 Å². The van der Waals surface area contributed by atoms with Crippen molar-refractivity contribution in [2.45, 2.75) is 13.0 Å². The van der Waals surface area contributed by atoms with Crippen molar-refractivity contribution in [1.29, 1.82) is 0 Å². The molecule has 0 saturated heterocycles. The lowest BCUT2D eigenvalue weighted by atomic mass is 10.1. The second-order valence-electron chi connectivity index (χ2n) is 4.57. The molecule has 108 valence electrons. The van der Waals surface area contributed by atoms with Gasteiger partial charge in [-0.05, 0) is 24.6 Å². The van der Waals surface area contributed by atoms with Crippen LogP contribution in [0.1, 0.15) is 28.9 Å². The first kappa shape index (κ1) is 14.5. The van der Waals surface area contributed by atoms with Crippen LogP contribution >= 0.6 is 0 Å². The number of nitro groups is 1. The van der Waals surface area contributed by atoms with E-state index < -0.39 is 16.6 Å². The lowest BCUT2D eigenvalue weighted by Crippen LogP contribution is -2.08. The summed E-state index contributed by atoms with van der Waals surface area (Å²) in [6.07, 6.45) is 0. The number of anilines is 1. The van der Waals surface area contributed by atoms with E-state index in [0.29, 0.717) is 5.69 Å². The monoisotopic (exact) mass is 286 g/mol. The molecule has 2 aromatic carbocycles. The third kappa shape index (κ3) is 3.36. The quantitative estimate of drug-likeness (QED) is 0.648. The number of benzene rings is 2. The molecule has 6 heteroatoms. The molecule has 2 aromatic rings. The molecule has 21 heavy (non-hydrogen) atoms. The van der Waals surface area contributed by atoms with Gasteiger partial charge >= 0.3 is 5.97 Å². The molecule has 0 amide bonds. The van der Waals surface area contributed by atoms with Crippen LogP contribution in [0.4, 0.5) is 11.4 Å². The minimum absolute atomic E-state index is 0.0469. The molecule has 0 bridgehead atoms. The Bertz CT molecular complexity index is 671. The molecule has 6 nitrogen and oxygen atoms in total. The summed E-state index contributed by atoms with van der Waals surface area (Å²) in [6.45, 7) is 1.93. The largest absolute Gasteiger partial charge is 0.477 e. The van der Waals surface area contributed by atoms with E-state index in [0.717, 1.165) is 5.56 Å². The van der Waals surface area contributed by atoms with Crippen molar-refractivity contribution in [2.24, 2.45) is 0 Å². The maximum absolute atomic E-state index is 11.1. The lowest BCUT2D eigenvalue weighted by Gasteiger charge is -2.16. The Morgan fingerprint density at radius 2 is 1.90 bits per heavy atom. The number of hydrogen-bond donors (Lipinski definition) is 2. The van der Waals surface area contributed by atoms with Crippen LogP contribution in [0.15, 0.2) is 48.5 Å². The van der Waals surface area contributed by atoms with Gasteiger partial charge in [0.25, 0.3) is 5.69 Å². The van der Waals surface area contributed by atoms with Crippen LogP contribution in [0.25, 0.3) is 0 Å². The van der Waals surface area contributed by atoms with Crippen molar-refractivity contribution in [3.05, 3.63) is 69.8 Å². The van der Waals surface area contributed by atoms with Gasteiger partial charge in [-0.3, -0.25) is 10.1 Å². The number of carbonyl (C=O) groups is 1. The first-order valence-electron chi connectivity index (χ1n) is 6.32. The van der Waals surface area contributed by atoms with Gasteiger partial charge in [-0.1, -0.05) is 30.3 Å². The Morgan fingerprint density at radius 3 is 2.48 bits per heavy atom. The molecule has 0 spiro atoms. The Balaban J connectivity index is 2.27. The minimum Gasteiger partial charge on any atom is -0.477 e. The smallest absolute Gasteiger partial charge is 0.342 e. The van der Waals surface area contributed by atoms with Gasteiger partial charge in [0.2, 0.25) is 0 Å². The zero-order valence-electron chi connectivity index (χ0n) is 11.3. The van der Waals surface area contributed by atoms with Gasteiger partial charge in [0.1, 0.15) is 5.56 Å². The van der Waals surface area contributed by atoms with Gasteiger partial charge in [-0.25, -0.2) is 4.79 Å². The van der Waals surface area contributed by atoms with Gasteiger partial charge in [-0.15, -0.1) is 0 Å². The zero-order valence-corrected chi connectivity index (χ0v) is 11.3. The van der Waals surface area contributed by atoms with Crippen LogP contribution in [0, 0.1) is 10.1 Å². The molecule has 0 heterocycles. The van der Waals surface area contributed by atoms with E-state index in [1.54, 1.807) is 0 Å². The van der Waals surface area contributed by atoms with E-state index in [4.69, 9.17) is 5.11 Å². The highest BCUT2D eigenvalue weighted by Gasteiger charge is 2.20. The van der Waals surface area contributed by atoms with Crippen molar-refractivity contribution >= 4 is 17.3 Å². The Labute approximate surface area is 121 Å². The third-order valence-corrected chi connectivity index (χ3v) is 3.11. The van der Waals surface area contributed by atoms with Crippen LogP contribution in [-0.2, 0) is 0 Å². The van der Waals surface area contributed by atoms with E-state index in [-0.39, 0.29) is 11.6 Å². The third-order valence-electron chi connectivity index (χ3n) is 3.11. The second kappa shape index (κ2) is 6.04. The summed E-state index contributed by atoms with van der Waals surface area (Å²) in [7, 11) is 0. The standard InChI is InChI=1S/C15H14N2O4/c1-10(11-5-3-2-4-6-11)16-12-7-8-14(17(20)21)13(9-12)15(18)19/h2-10,16H,1H3,(H,18,19). The van der Waals surface area contributed by atoms with E-state index in [2.05, 4.69) is 5.32 Å². The molecule has 1 atom stereocenters. The Hall–Kier alpha value is -2.89. The molecule has 0 saturated carbocycles. The molecule has 0 fully saturated rings. The first-order chi connectivity index (χ1) is 9.99. The highest BCUT2D eigenvalue weighted by atomic mass is 16.6. The molecule has 2 rings (SSSR count). The normalized spacial score (nSPS) is 11.7. The fourth-order valence-electron chi connectivity index (χ4n) is 2.03. The molecule has 0 radical (unpaired) electrons. The predicted molar refractivity (Wildman–Crippen MR) is 78.5 cm³/mol. The summed E-state index contributed by atoms with van der Waals surface area (Å²) in [6, 6.07) is 13.5. The second-order valence-corrected chi connectivity index (χ2v) is 4.57. The van der Waals surface area contributed by atoms with Crippen LogP contribution in [0.5, 0.6) is 0 Å². The number of hydrogen-bond acceptors (Lipinski definition) is 4.